The van der Waals surface area contributed by atoms with Crippen molar-refractivity contribution in [3.8, 4) is 17.2 Å². The van der Waals surface area contributed by atoms with Crippen LogP contribution in [-0.2, 0) is 20.7 Å². The lowest BCUT2D eigenvalue weighted by atomic mass is 10.1. The van der Waals surface area contributed by atoms with Gasteiger partial charge in [-0.2, -0.15) is 0 Å². The van der Waals surface area contributed by atoms with E-state index in [4.69, 9.17) is 18.9 Å². The summed E-state index contributed by atoms with van der Waals surface area (Å²) in [6.07, 6.45) is 0.607. The molecular formula is C22H27NO6. The summed E-state index contributed by atoms with van der Waals surface area (Å²) in [5, 5.41) is 2.72. The van der Waals surface area contributed by atoms with E-state index in [1.54, 1.807) is 14.2 Å². The maximum absolute atomic E-state index is 11.9. The number of para-hydroxylation sites is 1. The fourth-order valence-electron chi connectivity index (χ4n) is 2.78. The lowest BCUT2D eigenvalue weighted by molar-refractivity contribution is -0.150. The van der Waals surface area contributed by atoms with Crippen LogP contribution in [0.4, 0.5) is 0 Å². The molecule has 0 atom stereocenters. The van der Waals surface area contributed by atoms with Gasteiger partial charge in [-0.3, -0.25) is 4.79 Å². The van der Waals surface area contributed by atoms with Crippen molar-refractivity contribution >= 4 is 11.9 Å². The molecule has 7 heteroatoms. The van der Waals surface area contributed by atoms with Crippen molar-refractivity contribution in [1.82, 2.24) is 5.32 Å². The second-order valence-electron chi connectivity index (χ2n) is 6.46. The molecule has 1 amide bonds. The number of hydrogen-bond donors (Lipinski definition) is 1. The number of methoxy groups -OCH3 is 2. The number of rotatable bonds is 10. The summed E-state index contributed by atoms with van der Waals surface area (Å²) in [4.78, 5) is 23.7. The second kappa shape index (κ2) is 10.9. The molecule has 0 aliphatic heterocycles. The quantitative estimate of drug-likeness (QED) is 0.616. The minimum Gasteiger partial charge on any atom is -0.493 e. The maximum atomic E-state index is 11.9. The third-order valence-corrected chi connectivity index (χ3v) is 4.29. The minimum absolute atomic E-state index is 0.245. The molecule has 0 unspecified atom stereocenters. The zero-order valence-corrected chi connectivity index (χ0v) is 17.2. The van der Waals surface area contributed by atoms with Crippen molar-refractivity contribution < 1.29 is 28.5 Å². The molecule has 156 valence electrons. The molecule has 0 saturated heterocycles. The Hall–Kier alpha value is -3.22. The number of amides is 1. The normalized spacial score (nSPS) is 10.2. The average molecular weight is 401 g/mol. The van der Waals surface area contributed by atoms with E-state index in [0.717, 1.165) is 16.7 Å². The molecule has 0 aliphatic rings. The summed E-state index contributed by atoms with van der Waals surface area (Å²) in [7, 11) is 3.15. The van der Waals surface area contributed by atoms with Gasteiger partial charge in [0.05, 0.1) is 14.2 Å². The van der Waals surface area contributed by atoms with Gasteiger partial charge in [0, 0.05) is 6.54 Å². The fourth-order valence-corrected chi connectivity index (χ4v) is 2.78. The Morgan fingerprint density at radius 1 is 0.931 bits per heavy atom. The summed E-state index contributed by atoms with van der Waals surface area (Å²) < 4.78 is 20.9. The monoisotopic (exact) mass is 401 g/mol. The first-order chi connectivity index (χ1) is 13.9. The van der Waals surface area contributed by atoms with Gasteiger partial charge in [0.15, 0.2) is 24.7 Å². The SMILES string of the molecule is COc1ccc(CCNC(=O)COC(=O)COc2c(C)cccc2C)cc1OC. The Balaban J connectivity index is 1.70. The van der Waals surface area contributed by atoms with Gasteiger partial charge >= 0.3 is 5.97 Å². The van der Waals surface area contributed by atoms with E-state index >= 15 is 0 Å². The number of carbonyl (C=O) groups excluding carboxylic acids is 2. The van der Waals surface area contributed by atoms with E-state index in [-0.39, 0.29) is 19.1 Å². The standard InChI is InChI=1S/C22H27NO6/c1-15-6-5-7-16(2)22(15)29-14-21(25)28-13-20(24)23-11-10-17-8-9-18(26-3)19(12-17)27-4/h5-9,12H,10-11,13-14H2,1-4H3,(H,23,24). The highest BCUT2D eigenvalue weighted by Gasteiger charge is 2.11. The molecule has 1 N–H and O–H groups in total. The topological polar surface area (TPSA) is 83.1 Å². The molecule has 0 saturated carbocycles. The van der Waals surface area contributed by atoms with Gasteiger partial charge in [0.2, 0.25) is 0 Å². The van der Waals surface area contributed by atoms with Crippen LogP contribution in [0, 0.1) is 13.8 Å². The Kier molecular flexibility index (Phi) is 8.33. The molecule has 0 heterocycles. The number of nitrogens with one attached hydrogen (secondary N) is 1. The van der Waals surface area contributed by atoms with E-state index in [1.165, 1.54) is 0 Å². The molecule has 0 radical (unpaired) electrons. The smallest absolute Gasteiger partial charge is 0.344 e. The number of esters is 1. The molecule has 2 rings (SSSR count). The zero-order chi connectivity index (χ0) is 21.2. The third kappa shape index (κ3) is 6.71. The molecule has 0 spiro atoms. The molecule has 2 aromatic rings. The van der Waals surface area contributed by atoms with Crippen molar-refractivity contribution in [2.75, 3.05) is 34.0 Å². The van der Waals surface area contributed by atoms with Crippen LogP contribution in [0.3, 0.4) is 0 Å². The van der Waals surface area contributed by atoms with Crippen molar-refractivity contribution in [2.24, 2.45) is 0 Å². The highest BCUT2D eigenvalue weighted by atomic mass is 16.6. The van der Waals surface area contributed by atoms with Crippen LogP contribution in [0.5, 0.6) is 17.2 Å². The zero-order valence-electron chi connectivity index (χ0n) is 17.2. The predicted octanol–water partition coefficient (Wildman–Crippen LogP) is 2.60. The van der Waals surface area contributed by atoms with Gasteiger partial charge in [0.25, 0.3) is 5.91 Å². The predicted molar refractivity (Wildman–Crippen MR) is 109 cm³/mol. The van der Waals surface area contributed by atoms with Crippen LogP contribution < -0.4 is 19.5 Å². The molecule has 29 heavy (non-hydrogen) atoms. The number of aryl methyl sites for hydroxylation is 2. The van der Waals surface area contributed by atoms with Crippen molar-refractivity contribution in [1.29, 1.82) is 0 Å². The summed E-state index contributed by atoms with van der Waals surface area (Å²) in [6.45, 7) is 3.62. The summed E-state index contributed by atoms with van der Waals surface area (Å²) in [5.41, 5.74) is 2.86. The molecule has 2 aromatic carbocycles. The minimum atomic E-state index is -0.595. The highest BCUT2D eigenvalue weighted by Crippen LogP contribution is 2.27. The number of carbonyl (C=O) groups is 2. The molecule has 0 bridgehead atoms. The maximum Gasteiger partial charge on any atom is 0.344 e. The lowest BCUT2D eigenvalue weighted by Gasteiger charge is -2.12. The first-order valence-electron chi connectivity index (χ1n) is 9.26. The Labute approximate surface area is 170 Å². The first-order valence-corrected chi connectivity index (χ1v) is 9.26. The van der Waals surface area contributed by atoms with Crippen LogP contribution >= 0.6 is 0 Å². The summed E-state index contributed by atoms with van der Waals surface area (Å²) in [6, 6.07) is 11.3. The van der Waals surface area contributed by atoms with Gasteiger partial charge in [-0.05, 0) is 49.1 Å². The van der Waals surface area contributed by atoms with Crippen LogP contribution in [0.25, 0.3) is 0 Å². The highest BCUT2D eigenvalue weighted by molar-refractivity contribution is 5.80. The van der Waals surface area contributed by atoms with Crippen molar-refractivity contribution in [3.63, 3.8) is 0 Å². The van der Waals surface area contributed by atoms with Crippen molar-refractivity contribution in [2.45, 2.75) is 20.3 Å². The van der Waals surface area contributed by atoms with Gasteiger partial charge < -0.3 is 24.3 Å². The van der Waals surface area contributed by atoms with E-state index in [0.29, 0.717) is 30.2 Å². The summed E-state index contributed by atoms with van der Waals surface area (Å²) in [5.74, 6) is 0.974. The molecule has 0 fully saturated rings. The molecule has 7 nitrogen and oxygen atoms in total. The van der Waals surface area contributed by atoms with Gasteiger partial charge in [-0.1, -0.05) is 24.3 Å². The number of hydrogen-bond acceptors (Lipinski definition) is 6. The van der Waals surface area contributed by atoms with Crippen LogP contribution in [0.1, 0.15) is 16.7 Å². The largest absolute Gasteiger partial charge is 0.493 e. The van der Waals surface area contributed by atoms with Crippen LogP contribution in [-0.4, -0.2) is 45.9 Å². The third-order valence-electron chi connectivity index (χ3n) is 4.29. The first kappa shape index (κ1) is 22.1. The van der Waals surface area contributed by atoms with E-state index in [2.05, 4.69) is 5.32 Å². The molecular weight excluding hydrogens is 374 g/mol. The van der Waals surface area contributed by atoms with Gasteiger partial charge in [-0.15, -0.1) is 0 Å². The Morgan fingerprint density at radius 3 is 2.28 bits per heavy atom. The van der Waals surface area contributed by atoms with Gasteiger partial charge in [-0.25, -0.2) is 4.79 Å². The Morgan fingerprint density at radius 2 is 1.62 bits per heavy atom. The number of ether oxygens (including phenoxy) is 4. The van der Waals surface area contributed by atoms with Gasteiger partial charge in [0.1, 0.15) is 5.75 Å². The van der Waals surface area contributed by atoms with E-state index in [9.17, 15) is 9.59 Å². The van der Waals surface area contributed by atoms with E-state index < -0.39 is 5.97 Å². The lowest BCUT2D eigenvalue weighted by Crippen LogP contribution is -2.31. The average Bonchev–Trinajstić information content (AvgIpc) is 2.71. The fraction of sp³-hybridized carbons (Fsp3) is 0.364. The van der Waals surface area contributed by atoms with Crippen LogP contribution in [0.15, 0.2) is 36.4 Å². The number of benzene rings is 2. The second-order valence-corrected chi connectivity index (χ2v) is 6.46. The summed E-state index contributed by atoms with van der Waals surface area (Å²) >= 11 is 0. The molecule has 0 aliphatic carbocycles. The van der Waals surface area contributed by atoms with E-state index in [1.807, 2.05) is 50.2 Å². The molecule has 0 aromatic heterocycles. The Bertz CT molecular complexity index is 829. The van der Waals surface area contributed by atoms with Crippen LogP contribution in [0.2, 0.25) is 0 Å². The van der Waals surface area contributed by atoms with Crippen molar-refractivity contribution in [3.05, 3.63) is 53.1 Å².